The first-order chi connectivity index (χ1) is 16.9. The van der Waals surface area contributed by atoms with E-state index in [4.69, 9.17) is 4.74 Å². The first-order valence-electron chi connectivity index (χ1n) is 11.1. The van der Waals surface area contributed by atoms with E-state index < -0.39 is 4.92 Å². The second-order valence-corrected chi connectivity index (χ2v) is 8.28. The molecule has 2 N–H and O–H groups in total. The lowest BCUT2D eigenvalue weighted by atomic mass is 9.81. The minimum Gasteiger partial charge on any atom is -0.469 e. The Balaban J connectivity index is 1.42. The van der Waals surface area contributed by atoms with Gasteiger partial charge >= 0.3 is 11.7 Å². The minimum atomic E-state index is -0.515. The fourth-order valence-corrected chi connectivity index (χ4v) is 4.12. The summed E-state index contributed by atoms with van der Waals surface area (Å²) >= 11 is 0. The molecule has 1 saturated carbocycles. The molecule has 1 fully saturated rings. The number of rotatable bonds is 7. The van der Waals surface area contributed by atoms with E-state index >= 15 is 0 Å². The number of carbonyl (C=O) groups excluding carboxylic acids is 2. The summed E-state index contributed by atoms with van der Waals surface area (Å²) in [6, 6.07) is 7.97. The van der Waals surface area contributed by atoms with Gasteiger partial charge in [-0.15, -0.1) is 0 Å². The molecule has 3 aromatic rings. The Morgan fingerprint density at radius 2 is 1.86 bits per heavy atom. The summed E-state index contributed by atoms with van der Waals surface area (Å²) in [5.74, 6) is -0.299. The van der Waals surface area contributed by atoms with Gasteiger partial charge in [-0.1, -0.05) is 0 Å². The monoisotopic (exact) mass is 479 g/mol. The van der Waals surface area contributed by atoms with Crippen molar-refractivity contribution in [1.29, 1.82) is 0 Å². The number of aryl methyl sites for hydroxylation is 1. The van der Waals surface area contributed by atoms with Crippen LogP contribution < -0.4 is 10.6 Å². The number of anilines is 3. The predicted octanol–water partition coefficient (Wildman–Crippen LogP) is 3.45. The number of nitrogens with one attached hydrogen (secondary N) is 2. The fourth-order valence-electron chi connectivity index (χ4n) is 4.12. The number of hydrogen-bond acceptors (Lipinski definition) is 9. The van der Waals surface area contributed by atoms with Gasteiger partial charge in [-0.05, 0) is 49.9 Å². The van der Waals surface area contributed by atoms with Crippen LogP contribution in [0.25, 0.3) is 11.4 Å². The Morgan fingerprint density at radius 3 is 2.46 bits per heavy atom. The van der Waals surface area contributed by atoms with Crippen LogP contribution in [0, 0.1) is 22.0 Å². The summed E-state index contributed by atoms with van der Waals surface area (Å²) in [6.45, 7) is 0. The molecule has 0 atom stereocenters. The van der Waals surface area contributed by atoms with Crippen molar-refractivity contribution in [3.63, 3.8) is 0 Å². The number of esters is 1. The SMILES string of the molecule is COC(=O)C1CCC(C(=O)Nc2ccc(Nc3nc(-c4ccnn4C)ccc3[N+](=O)[O-])cn2)CC1. The molecule has 12 heteroatoms. The van der Waals surface area contributed by atoms with E-state index in [-0.39, 0.29) is 35.2 Å². The Labute approximate surface area is 200 Å². The van der Waals surface area contributed by atoms with E-state index in [1.807, 2.05) is 0 Å². The summed E-state index contributed by atoms with van der Waals surface area (Å²) in [4.78, 5) is 43.9. The third-order valence-corrected chi connectivity index (χ3v) is 6.06. The van der Waals surface area contributed by atoms with E-state index in [0.717, 1.165) is 0 Å². The van der Waals surface area contributed by atoms with Crippen LogP contribution in [0.2, 0.25) is 0 Å². The third-order valence-electron chi connectivity index (χ3n) is 6.06. The molecule has 0 aliphatic heterocycles. The lowest BCUT2D eigenvalue weighted by Gasteiger charge is -2.25. The van der Waals surface area contributed by atoms with Crippen LogP contribution >= 0.6 is 0 Å². The van der Waals surface area contributed by atoms with Crippen LogP contribution in [0.4, 0.5) is 23.0 Å². The number of ether oxygens (including phenoxy) is 1. The minimum absolute atomic E-state index is 0.0645. The van der Waals surface area contributed by atoms with Crippen molar-refractivity contribution in [2.24, 2.45) is 18.9 Å². The van der Waals surface area contributed by atoms with Gasteiger partial charge < -0.3 is 15.4 Å². The molecule has 1 aliphatic carbocycles. The molecule has 1 aliphatic rings. The first kappa shape index (κ1) is 23.8. The van der Waals surface area contributed by atoms with Gasteiger partial charge in [0, 0.05) is 25.2 Å². The van der Waals surface area contributed by atoms with Crippen molar-refractivity contribution in [3.05, 3.63) is 52.8 Å². The number of hydrogen-bond donors (Lipinski definition) is 2. The fraction of sp³-hybridized carbons (Fsp3) is 0.348. The highest BCUT2D eigenvalue weighted by Gasteiger charge is 2.30. The number of pyridine rings is 2. The molecule has 1 amide bonds. The summed E-state index contributed by atoms with van der Waals surface area (Å²) < 4.78 is 6.41. The van der Waals surface area contributed by atoms with Gasteiger partial charge in [0.25, 0.3) is 0 Å². The quantitative estimate of drug-likeness (QED) is 0.294. The highest BCUT2D eigenvalue weighted by Crippen LogP contribution is 2.31. The van der Waals surface area contributed by atoms with Gasteiger partial charge in [-0.2, -0.15) is 5.10 Å². The lowest BCUT2D eigenvalue weighted by molar-refractivity contribution is -0.384. The molecule has 0 aromatic carbocycles. The Hall–Kier alpha value is -4.35. The first-order valence-corrected chi connectivity index (χ1v) is 11.1. The van der Waals surface area contributed by atoms with Crippen LogP contribution in [0.5, 0.6) is 0 Å². The Morgan fingerprint density at radius 1 is 1.11 bits per heavy atom. The van der Waals surface area contributed by atoms with Crippen molar-refractivity contribution in [3.8, 4) is 11.4 Å². The molecule has 4 rings (SSSR count). The molecule has 0 radical (unpaired) electrons. The van der Waals surface area contributed by atoms with E-state index in [1.54, 1.807) is 42.2 Å². The topological polar surface area (TPSA) is 154 Å². The molecule has 0 saturated heterocycles. The molecule has 0 bridgehead atoms. The van der Waals surface area contributed by atoms with Gasteiger partial charge in [-0.3, -0.25) is 24.4 Å². The van der Waals surface area contributed by atoms with Crippen molar-refractivity contribution in [2.45, 2.75) is 25.7 Å². The highest BCUT2D eigenvalue weighted by molar-refractivity contribution is 5.92. The van der Waals surface area contributed by atoms with Crippen LogP contribution in [0.3, 0.4) is 0 Å². The number of carbonyl (C=O) groups is 2. The normalized spacial score (nSPS) is 17.4. The summed E-state index contributed by atoms with van der Waals surface area (Å²) in [5, 5.41) is 21.3. The maximum Gasteiger partial charge on any atom is 0.311 e. The highest BCUT2D eigenvalue weighted by atomic mass is 16.6. The maximum absolute atomic E-state index is 12.6. The second-order valence-electron chi connectivity index (χ2n) is 8.28. The average molecular weight is 479 g/mol. The van der Waals surface area contributed by atoms with Crippen molar-refractivity contribution in [2.75, 3.05) is 17.7 Å². The number of amides is 1. The van der Waals surface area contributed by atoms with E-state index in [2.05, 4.69) is 25.7 Å². The zero-order valence-corrected chi connectivity index (χ0v) is 19.3. The molecule has 3 heterocycles. The van der Waals surface area contributed by atoms with Gasteiger partial charge in [0.2, 0.25) is 11.7 Å². The number of nitrogens with zero attached hydrogens (tertiary/aromatic N) is 5. The van der Waals surface area contributed by atoms with E-state index in [9.17, 15) is 19.7 Å². The van der Waals surface area contributed by atoms with Crippen LogP contribution in [-0.4, -0.2) is 43.7 Å². The molecule has 0 unspecified atom stereocenters. The van der Waals surface area contributed by atoms with E-state index in [1.165, 1.54) is 19.4 Å². The van der Waals surface area contributed by atoms with Gasteiger partial charge in [-0.25, -0.2) is 9.97 Å². The second kappa shape index (κ2) is 10.3. The number of nitro groups is 1. The smallest absolute Gasteiger partial charge is 0.311 e. The standard InChI is InChI=1S/C23H25N7O5/c1-29-18(11-12-25-29)17-8-9-19(30(33)34)21(27-17)26-16-7-10-20(24-13-16)28-22(31)14-3-5-15(6-4-14)23(32)35-2/h7-15H,3-6H2,1-2H3,(H,26,27)(H,24,28,31). The van der Waals surface area contributed by atoms with Crippen molar-refractivity contribution >= 4 is 34.9 Å². The third kappa shape index (κ3) is 5.42. The summed E-state index contributed by atoms with van der Waals surface area (Å²) in [5.41, 5.74) is 1.52. The van der Waals surface area contributed by atoms with Gasteiger partial charge in [0.15, 0.2) is 0 Å². The maximum atomic E-state index is 12.6. The average Bonchev–Trinajstić information content (AvgIpc) is 3.30. The Bertz CT molecular complexity index is 1230. The van der Waals surface area contributed by atoms with Crippen molar-refractivity contribution < 1.29 is 19.2 Å². The molecular weight excluding hydrogens is 454 g/mol. The summed E-state index contributed by atoms with van der Waals surface area (Å²) in [6.07, 6.45) is 5.52. The van der Waals surface area contributed by atoms with Gasteiger partial charge in [0.05, 0.1) is 41.2 Å². The molecular formula is C23H25N7O5. The molecule has 182 valence electrons. The largest absolute Gasteiger partial charge is 0.469 e. The zero-order valence-electron chi connectivity index (χ0n) is 19.3. The van der Waals surface area contributed by atoms with Crippen LogP contribution in [0.1, 0.15) is 25.7 Å². The zero-order chi connectivity index (χ0) is 24.9. The van der Waals surface area contributed by atoms with Crippen molar-refractivity contribution in [1.82, 2.24) is 19.7 Å². The number of aromatic nitrogens is 4. The molecule has 0 spiro atoms. The number of methoxy groups -OCH3 is 1. The molecule has 12 nitrogen and oxygen atoms in total. The van der Waals surface area contributed by atoms with Gasteiger partial charge in [0.1, 0.15) is 5.82 Å². The van der Waals surface area contributed by atoms with E-state index in [0.29, 0.717) is 48.6 Å². The lowest BCUT2D eigenvalue weighted by Crippen LogP contribution is -2.30. The Kier molecular flexibility index (Phi) is 6.99. The molecule has 35 heavy (non-hydrogen) atoms. The van der Waals surface area contributed by atoms with Crippen LogP contribution in [-0.2, 0) is 21.4 Å². The predicted molar refractivity (Wildman–Crippen MR) is 127 cm³/mol. The molecule has 3 aromatic heterocycles. The van der Waals surface area contributed by atoms with Crippen LogP contribution in [0.15, 0.2) is 42.7 Å². The summed E-state index contributed by atoms with van der Waals surface area (Å²) in [7, 11) is 3.13.